The minimum atomic E-state index is -2.99. The Morgan fingerprint density at radius 2 is 1.85 bits per heavy atom. The smallest absolute Gasteiger partial charge is 0.387 e. The largest absolute Gasteiger partial charge is 0.433 e. The highest BCUT2D eigenvalue weighted by Crippen LogP contribution is 2.30. The quantitative estimate of drug-likeness (QED) is 0.339. The topological polar surface area (TPSA) is 81.9 Å². The average molecular weight is 488 g/mol. The second-order valence-electron chi connectivity index (χ2n) is 6.57. The van der Waals surface area contributed by atoms with E-state index in [1.807, 2.05) is 47.0 Å². The van der Waals surface area contributed by atoms with Crippen LogP contribution in [0.5, 0.6) is 5.75 Å². The third-order valence-electron chi connectivity index (χ3n) is 4.35. The van der Waals surface area contributed by atoms with E-state index in [-0.39, 0.29) is 22.4 Å². The molecule has 11 heteroatoms. The number of benzene rings is 2. The lowest BCUT2D eigenvalue weighted by Crippen LogP contribution is -2.14. The van der Waals surface area contributed by atoms with Gasteiger partial charge >= 0.3 is 6.61 Å². The Morgan fingerprint density at radius 3 is 2.55 bits per heavy atom. The van der Waals surface area contributed by atoms with Crippen molar-refractivity contribution < 1.29 is 18.3 Å². The van der Waals surface area contributed by atoms with Crippen molar-refractivity contribution in [1.82, 2.24) is 19.7 Å². The Hall–Kier alpha value is -3.50. The number of nitrogens with zero attached hydrogens (tertiary/aromatic N) is 4. The van der Waals surface area contributed by atoms with Crippen molar-refractivity contribution in [2.24, 2.45) is 0 Å². The summed E-state index contributed by atoms with van der Waals surface area (Å²) in [6, 6.07) is 17.2. The van der Waals surface area contributed by atoms with Gasteiger partial charge in [0.15, 0.2) is 11.0 Å². The van der Waals surface area contributed by atoms with Crippen LogP contribution in [-0.2, 0) is 4.79 Å². The first-order valence-electron chi connectivity index (χ1n) is 9.59. The van der Waals surface area contributed by atoms with Gasteiger partial charge in [-0.1, -0.05) is 41.6 Å². The summed E-state index contributed by atoms with van der Waals surface area (Å²) in [5, 5.41) is 11.7. The molecule has 0 spiro atoms. The monoisotopic (exact) mass is 487 g/mol. The zero-order valence-corrected chi connectivity index (χ0v) is 18.4. The number of pyridine rings is 1. The number of rotatable bonds is 8. The predicted molar refractivity (Wildman–Crippen MR) is 122 cm³/mol. The van der Waals surface area contributed by atoms with Crippen LogP contribution in [0.1, 0.15) is 0 Å². The molecule has 0 unspecified atom stereocenters. The fourth-order valence-corrected chi connectivity index (χ4v) is 3.94. The highest BCUT2D eigenvalue weighted by molar-refractivity contribution is 7.99. The Morgan fingerprint density at radius 1 is 1.09 bits per heavy atom. The van der Waals surface area contributed by atoms with E-state index in [2.05, 4.69) is 25.2 Å². The van der Waals surface area contributed by atoms with Crippen molar-refractivity contribution >= 4 is 35.0 Å². The van der Waals surface area contributed by atoms with Crippen LogP contribution < -0.4 is 10.1 Å². The van der Waals surface area contributed by atoms with Crippen molar-refractivity contribution in [3.8, 4) is 22.8 Å². The van der Waals surface area contributed by atoms with E-state index in [0.717, 1.165) is 11.3 Å². The van der Waals surface area contributed by atoms with Crippen LogP contribution in [0.2, 0.25) is 5.02 Å². The molecule has 0 fully saturated rings. The van der Waals surface area contributed by atoms with Crippen molar-refractivity contribution in [3.63, 3.8) is 0 Å². The number of alkyl halides is 2. The maximum absolute atomic E-state index is 12.5. The molecule has 33 heavy (non-hydrogen) atoms. The van der Waals surface area contributed by atoms with E-state index in [4.69, 9.17) is 11.6 Å². The number of amides is 1. The van der Waals surface area contributed by atoms with Crippen LogP contribution in [0.25, 0.3) is 17.1 Å². The van der Waals surface area contributed by atoms with Crippen molar-refractivity contribution in [2.45, 2.75) is 11.8 Å². The fraction of sp³-hybridized carbons (Fsp3) is 0.0909. The number of carbonyl (C=O) groups excluding carboxylic acids is 1. The number of carbonyl (C=O) groups is 1. The first kappa shape index (κ1) is 22.7. The van der Waals surface area contributed by atoms with E-state index >= 15 is 0 Å². The van der Waals surface area contributed by atoms with Crippen LogP contribution in [-0.4, -0.2) is 38.0 Å². The lowest BCUT2D eigenvalue weighted by atomic mass is 10.2. The van der Waals surface area contributed by atoms with Crippen molar-refractivity contribution in [2.75, 3.05) is 11.1 Å². The molecule has 0 aliphatic carbocycles. The first-order valence-corrected chi connectivity index (χ1v) is 11.0. The standard InChI is InChI=1S/C22H16ClF2N5O2S/c23-17-12-15(6-7-18(17)32-21(24)25)27-19(31)13-33-22-29-28-20(14-8-10-26-11-9-14)30(22)16-4-2-1-3-5-16/h1-12,21H,13H2,(H,27,31). The minimum absolute atomic E-state index is 0.0356. The van der Waals surface area contributed by atoms with E-state index in [1.54, 1.807) is 12.4 Å². The van der Waals surface area contributed by atoms with Crippen molar-refractivity contribution in [1.29, 1.82) is 0 Å². The van der Waals surface area contributed by atoms with Crippen LogP contribution in [0.15, 0.2) is 78.2 Å². The number of hydrogen-bond donors (Lipinski definition) is 1. The zero-order chi connectivity index (χ0) is 23.2. The van der Waals surface area contributed by atoms with Crippen molar-refractivity contribution in [3.05, 3.63) is 78.1 Å². The van der Waals surface area contributed by atoms with Gasteiger partial charge in [-0.15, -0.1) is 10.2 Å². The Balaban J connectivity index is 1.50. The van der Waals surface area contributed by atoms with Gasteiger partial charge in [0.05, 0.1) is 10.8 Å². The molecule has 0 bridgehead atoms. The number of ether oxygens (including phenoxy) is 1. The number of anilines is 1. The summed E-state index contributed by atoms with van der Waals surface area (Å²) in [7, 11) is 0. The first-order chi connectivity index (χ1) is 16.0. The number of halogens is 3. The maximum atomic E-state index is 12.5. The third-order valence-corrected chi connectivity index (χ3v) is 5.57. The van der Waals surface area contributed by atoms with Gasteiger partial charge < -0.3 is 10.1 Å². The molecule has 168 valence electrons. The summed E-state index contributed by atoms with van der Waals surface area (Å²) < 4.78 is 30.9. The summed E-state index contributed by atoms with van der Waals surface area (Å²) in [6.45, 7) is -2.99. The molecule has 2 aromatic carbocycles. The van der Waals surface area contributed by atoms with Gasteiger partial charge in [0.2, 0.25) is 5.91 Å². The van der Waals surface area contributed by atoms with Crippen LogP contribution >= 0.6 is 23.4 Å². The predicted octanol–water partition coefficient (Wildman–Crippen LogP) is 5.31. The molecular formula is C22H16ClF2N5O2S. The molecule has 2 aromatic heterocycles. The van der Waals surface area contributed by atoms with Gasteiger partial charge in [0, 0.05) is 29.3 Å². The normalized spacial score (nSPS) is 10.9. The summed E-state index contributed by atoms with van der Waals surface area (Å²) in [5.41, 5.74) is 2.03. The number of hydrogen-bond acceptors (Lipinski definition) is 6. The van der Waals surface area contributed by atoms with E-state index in [0.29, 0.717) is 16.7 Å². The summed E-state index contributed by atoms with van der Waals surface area (Å²) in [5.74, 6) is 0.159. The molecule has 1 amide bonds. The Bertz CT molecular complexity index is 1240. The summed E-state index contributed by atoms with van der Waals surface area (Å²) in [4.78, 5) is 16.5. The van der Waals surface area contributed by atoms with Gasteiger partial charge in [0.25, 0.3) is 0 Å². The van der Waals surface area contributed by atoms with E-state index < -0.39 is 6.61 Å². The Kier molecular flexibility index (Phi) is 7.16. The zero-order valence-electron chi connectivity index (χ0n) is 16.9. The second-order valence-corrected chi connectivity index (χ2v) is 7.92. The maximum Gasteiger partial charge on any atom is 0.387 e. The molecule has 0 saturated heterocycles. The lowest BCUT2D eigenvalue weighted by molar-refractivity contribution is -0.113. The van der Waals surface area contributed by atoms with Gasteiger partial charge in [-0.3, -0.25) is 14.3 Å². The molecule has 0 atom stereocenters. The molecule has 0 saturated carbocycles. The third kappa shape index (κ3) is 5.65. The number of para-hydroxylation sites is 1. The van der Waals surface area contributed by atoms with Crippen LogP contribution in [0, 0.1) is 0 Å². The number of nitrogens with one attached hydrogen (secondary N) is 1. The molecular weight excluding hydrogens is 472 g/mol. The second kappa shape index (κ2) is 10.4. The number of aromatic nitrogens is 4. The number of thioether (sulfide) groups is 1. The molecule has 0 aliphatic heterocycles. The van der Waals surface area contributed by atoms with E-state index in [9.17, 15) is 13.6 Å². The molecule has 0 radical (unpaired) electrons. The minimum Gasteiger partial charge on any atom is -0.433 e. The molecule has 4 rings (SSSR count). The molecule has 4 aromatic rings. The van der Waals surface area contributed by atoms with Crippen LogP contribution in [0.4, 0.5) is 14.5 Å². The molecule has 2 heterocycles. The molecule has 0 aliphatic rings. The van der Waals surface area contributed by atoms with Gasteiger partial charge in [-0.2, -0.15) is 8.78 Å². The SMILES string of the molecule is O=C(CSc1nnc(-c2ccncc2)n1-c1ccccc1)Nc1ccc(OC(F)F)c(Cl)c1. The fourth-order valence-electron chi connectivity index (χ4n) is 2.96. The Labute approximate surface area is 196 Å². The molecule has 7 nitrogen and oxygen atoms in total. The summed E-state index contributed by atoms with van der Waals surface area (Å²) in [6.07, 6.45) is 3.34. The average Bonchev–Trinajstić information content (AvgIpc) is 3.24. The van der Waals surface area contributed by atoms with E-state index in [1.165, 1.54) is 30.0 Å². The highest BCUT2D eigenvalue weighted by Gasteiger charge is 2.17. The van der Waals surface area contributed by atoms with Gasteiger partial charge in [-0.05, 0) is 42.5 Å². The van der Waals surface area contributed by atoms with Gasteiger partial charge in [0.1, 0.15) is 5.75 Å². The van der Waals surface area contributed by atoms with Crippen LogP contribution in [0.3, 0.4) is 0 Å². The lowest BCUT2D eigenvalue weighted by Gasteiger charge is -2.11. The highest BCUT2D eigenvalue weighted by atomic mass is 35.5. The summed E-state index contributed by atoms with van der Waals surface area (Å²) >= 11 is 7.14. The van der Waals surface area contributed by atoms with Gasteiger partial charge in [-0.25, -0.2) is 0 Å². The molecule has 1 N–H and O–H groups in total.